The van der Waals surface area contributed by atoms with Gasteiger partial charge in [-0.3, -0.25) is 14.5 Å². The van der Waals surface area contributed by atoms with E-state index >= 15 is 0 Å². The molecule has 0 bridgehead atoms. The van der Waals surface area contributed by atoms with Crippen molar-refractivity contribution >= 4 is 11.8 Å². The molecule has 0 radical (unpaired) electrons. The molecule has 0 saturated carbocycles. The molecule has 2 amide bonds. The maximum atomic E-state index is 13.1. The molecule has 4 rings (SSSR count). The Kier molecular flexibility index (Phi) is 8.45. The number of ether oxygens (including phenoxy) is 3. The predicted octanol–water partition coefficient (Wildman–Crippen LogP) is 2.41. The van der Waals surface area contributed by atoms with Gasteiger partial charge in [0.2, 0.25) is 0 Å². The number of carbonyl (C=O) groups excluding carboxylic acids is 2. The Labute approximate surface area is 196 Å². The van der Waals surface area contributed by atoms with Gasteiger partial charge >= 0.3 is 0 Å². The third kappa shape index (κ3) is 6.38. The minimum absolute atomic E-state index is 0.00169. The van der Waals surface area contributed by atoms with Gasteiger partial charge in [-0.25, -0.2) is 0 Å². The van der Waals surface area contributed by atoms with E-state index in [0.29, 0.717) is 42.9 Å². The molecule has 0 aromatic heterocycles. The fourth-order valence-electron chi connectivity index (χ4n) is 4.80. The van der Waals surface area contributed by atoms with Gasteiger partial charge < -0.3 is 24.0 Å². The lowest BCUT2D eigenvalue weighted by Crippen LogP contribution is -2.50. The summed E-state index contributed by atoms with van der Waals surface area (Å²) in [5.41, 5.74) is 0.584. The monoisotopic (exact) mass is 459 g/mol. The number of nitrogens with zero attached hydrogens (tertiary/aromatic N) is 3. The molecule has 3 aliphatic heterocycles. The summed E-state index contributed by atoms with van der Waals surface area (Å²) in [5, 5.41) is 0. The van der Waals surface area contributed by atoms with Crippen LogP contribution in [0.3, 0.4) is 0 Å². The van der Waals surface area contributed by atoms with E-state index in [1.165, 1.54) is 6.42 Å². The second kappa shape index (κ2) is 11.7. The van der Waals surface area contributed by atoms with Crippen LogP contribution in [0.4, 0.5) is 0 Å². The van der Waals surface area contributed by atoms with Crippen molar-refractivity contribution in [1.82, 2.24) is 14.7 Å². The van der Waals surface area contributed by atoms with Gasteiger partial charge in [0, 0.05) is 58.0 Å². The lowest BCUT2D eigenvalue weighted by atomic mass is 10.1. The molecular formula is C25H37N3O5. The number of amides is 2. The lowest BCUT2D eigenvalue weighted by Gasteiger charge is -2.35. The van der Waals surface area contributed by atoms with E-state index in [1.807, 2.05) is 16.7 Å². The zero-order valence-electron chi connectivity index (χ0n) is 19.8. The highest BCUT2D eigenvalue weighted by molar-refractivity contribution is 5.95. The molecule has 8 nitrogen and oxygen atoms in total. The third-order valence-electron chi connectivity index (χ3n) is 6.70. The first-order chi connectivity index (χ1) is 16.1. The predicted molar refractivity (Wildman–Crippen MR) is 125 cm³/mol. The molecule has 3 heterocycles. The van der Waals surface area contributed by atoms with Crippen LogP contribution in [0, 0.1) is 0 Å². The van der Waals surface area contributed by atoms with Crippen molar-refractivity contribution in [3.63, 3.8) is 0 Å². The number of benzene rings is 1. The van der Waals surface area contributed by atoms with Crippen LogP contribution in [0.25, 0.3) is 0 Å². The van der Waals surface area contributed by atoms with E-state index in [9.17, 15) is 9.59 Å². The second-order valence-electron chi connectivity index (χ2n) is 9.05. The number of carbonyl (C=O) groups is 2. The highest BCUT2D eigenvalue weighted by atomic mass is 16.5. The molecule has 1 unspecified atom stereocenters. The lowest BCUT2D eigenvalue weighted by molar-refractivity contribution is -0.134. The maximum Gasteiger partial charge on any atom is 0.260 e. The summed E-state index contributed by atoms with van der Waals surface area (Å²) in [4.78, 5) is 31.7. The second-order valence-corrected chi connectivity index (χ2v) is 9.05. The Morgan fingerprint density at radius 2 is 1.73 bits per heavy atom. The molecule has 3 saturated heterocycles. The topological polar surface area (TPSA) is 71.5 Å². The molecule has 0 aliphatic carbocycles. The molecule has 0 spiro atoms. The average Bonchev–Trinajstić information content (AvgIpc) is 3.37. The first-order valence-corrected chi connectivity index (χ1v) is 12.4. The van der Waals surface area contributed by atoms with Crippen LogP contribution in [-0.4, -0.2) is 98.3 Å². The van der Waals surface area contributed by atoms with Crippen LogP contribution in [0.2, 0.25) is 0 Å². The van der Waals surface area contributed by atoms with Crippen molar-refractivity contribution in [1.29, 1.82) is 0 Å². The number of likely N-dealkylation sites (tertiary alicyclic amines) is 1. The quantitative estimate of drug-likeness (QED) is 0.595. The Balaban J connectivity index is 1.32. The summed E-state index contributed by atoms with van der Waals surface area (Å²) < 4.78 is 17.3. The van der Waals surface area contributed by atoms with E-state index in [2.05, 4.69) is 4.90 Å². The van der Waals surface area contributed by atoms with Crippen molar-refractivity contribution in [3.05, 3.63) is 23.8 Å². The van der Waals surface area contributed by atoms with Crippen LogP contribution in [0.5, 0.6) is 11.5 Å². The van der Waals surface area contributed by atoms with Gasteiger partial charge in [0.1, 0.15) is 0 Å². The van der Waals surface area contributed by atoms with E-state index < -0.39 is 0 Å². The number of hydrogen-bond acceptors (Lipinski definition) is 6. The van der Waals surface area contributed by atoms with Crippen LogP contribution in [0.1, 0.15) is 49.4 Å². The number of rotatable bonds is 8. The largest absolute Gasteiger partial charge is 0.490 e. The van der Waals surface area contributed by atoms with Gasteiger partial charge in [-0.05, 0) is 57.2 Å². The molecule has 3 fully saturated rings. The molecule has 1 aromatic carbocycles. The summed E-state index contributed by atoms with van der Waals surface area (Å²) in [6.45, 7) is 8.91. The zero-order valence-corrected chi connectivity index (χ0v) is 19.8. The SMILES string of the molecule is CCOc1cc(C(=O)N2CCN(CC3CCCO3)CC2)ccc1OCC(=O)N1CCCCC1. The minimum atomic E-state index is -0.0139. The Bertz CT molecular complexity index is 797. The zero-order chi connectivity index (χ0) is 23.0. The van der Waals surface area contributed by atoms with Gasteiger partial charge in [-0.2, -0.15) is 0 Å². The van der Waals surface area contributed by atoms with Crippen LogP contribution in [-0.2, 0) is 9.53 Å². The molecule has 33 heavy (non-hydrogen) atoms. The third-order valence-corrected chi connectivity index (χ3v) is 6.70. The number of piperidine rings is 1. The highest BCUT2D eigenvalue weighted by Gasteiger charge is 2.26. The van der Waals surface area contributed by atoms with E-state index in [1.54, 1.807) is 18.2 Å². The first kappa shape index (κ1) is 23.8. The summed E-state index contributed by atoms with van der Waals surface area (Å²) in [5.74, 6) is 1.01. The van der Waals surface area contributed by atoms with Gasteiger partial charge in [0.15, 0.2) is 18.1 Å². The minimum Gasteiger partial charge on any atom is -0.490 e. The molecule has 8 heteroatoms. The normalized spacial score (nSPS) is 21.8. The van der Waals surface area contributed by atoms with Gasteiger partial charge in [0.25, 0.3) is 11.8 Å². The summed E-state index contributed by atoms with van der Waals surface area (Å²) in [6.07, 6.45) is 5.91. The molecule has 0 N–H and O–H groups in total. The molecule has 182 valence electrons. The Morgan fingerprint density at radius 3 is 2.42 bits per heavy atom. The summed E-state index contributed by atoms with van der Waals surface area (Å²) in [7, 11) is 0. The molecule has 1 aromatic rings. The molecular weight excluding hydrogens is 422 g/mol. The fraction of sp³-hybridized carbons (Fsp3) is 0.680. The molecule has 1 atom stereocenters. The average molecular weight is 460 g/mol. The maximum absolute atomic E-state index is 13.1. The van der Waals surface area contributed by atoms with Crippen LogP contribution >= 0.6 is 0 Å². The smallest absolute Gasteiger partial charge is 0.260 e. The van der Waals surface area contributed by atoms with Crippen molar-refractivity contribution in [2.45, 2.75) is 45.1 Å². The standard InChI is InChI=1S/C25H37N3O5/c1-2-31-23-17-20(8-9-22(23)33-19-24(29)27-10-4-3-5-11-27)25(30)28-14-12-26(13-15-28)18-21-7-6-16-32-21/h8-9,17,21H,2-7,10-16,18-19H2,1H3. The van der Waals surface area contributed by atoms with Crippen molar-refractivity contribution in [2.75, 3.05) is 65.6 Å². The number of hydrogen-bond donors (Lipinski definition) is 0. The summed E-state index contributed by atoms with van der Waals surface area (Å²) >= 11 is 0. The molecule has 3 aliphatic rings. The van der Waals surface area contributed by atoms with E-state index in [-0.39, 0.29) is 18.4 Å². The summed E-state index contributed by atoms with van der Waals surface area (Å²) in [6, 6.07) is 5.25. The highest BCUT2D eigenvalue weighted by Crippen LogP contribution is 2.29. The Hall–Kier alpha value is -2.32. The van der Waals surface area contributed by atoms with Crippen molar-refractivity contribution < 1.29 is 23.8 Å². The van der Waals surface area contributed by atoms with Crippen molar-refractivity contribution in [2.24, 2.45) is 0 Å². The number of piperazine rings is 1. The van der Waals surface area contributed by atoms with Gasteiger partial charge in [-0.1, -0.05) is 0 Å². The van der Waals surface area contributed by atoms with Crippen LogP contribution < -0.4 is 9.47 Å². The van der Waals surface area contributed by atoms with Crippen LogP contribution in [0.15, 0.2) is 18.2 Å². The fourth-order valence-corrected chi connectivity index (χ4v) is 4.80. The van der Waals surface area contributed by atoms with E-state index in [0.717, 1.165) is 65.0 Å². The van der Waals surface area contributed by atoms with E-state index in [4.69, 9.17) is 14.2 Å². The van der Waals surface area contributed by atoms with Gasteiger partial charge in [0.05, 0.1) is 12.7 Å². The van der Waals surface area contributed by atoms with Gasteiger partial charge in [-0.15, -0.1) is 0 Å². The first-order valence-electron chi connectivity index (χ1n) is 12.4. The van der Waals surface area contributed by atoms with Crippen molar-refractivity contribution in [3.8, 4) is 11.5 Å². The Morgan fingerprint density at radius 1 is 0.939 bits per heavy atom.